The Morgan fingerprint density at radius 2 is 1.96 bits per heavy atom. The van der Waals surface area contributed by atoms with Crippen LogP contribution in [0.2, 0.25) is 0 Å². The van der Waals surface area contributed by atoms with Crippen molar-refractivity contribution >= 4 is 22.9 Å². The fourth-order valence-corrected chi connectivity index (χ4v) is 4.17. The van der Waals surface area contributed by atoms with Gasteiger partial charge in [-0.15, -0.1) is 0 Å². The Kier molecular flexibility index (Phi) is 4.19. The van der Waals surface area contributed by atoms with E-state index < -0.39 is 0 Å². The Morgan fingerprint density at radius 3 is 2.82 bits per heavy atom. The molecule has 2 aliphatic rings. The number of fused-ring (bicyclic) bond motifs is 2. The van der Waals surface area contributed by atoms with Crippen LogP contribution in [-0.2, 0) is 6.42 Å². The van der Waals surface area contributed by atoms with Gasteiger partial charge >= 0.3 is 0 Å². The smallest absolute Gasteiger partial charge is 0.274 e. The third-order valence-electron chi connectivity index (χ3n) is 5.79. The number of hydrogen-bond acceptors (Lipinski definition) is 4. The SMILES string of the molecule is Cc1ccn2cc(C(=O)N3CCN(c4ccc5c(c4)CCCN5)CC3)nc2c1. The van der Waals surface area contributed by atoms with Crippen molar-refractivity contribution in [2.75, 3.05) is 42.9 Å². The number of benzene rings is 1. The van der Waals surface area contributed by atoms with Crippen molar-refractivity contribution in [2.24, 2.45) is 0 Å². The molecule has 4 heterocycles. The molecular weight excluding hydrogens is 350 g/mol. The zero-order valence-electron chi connectivity index (χ0n) is 16.2. The van der Waals surface area contributed by atoms with Crippen molar-refractivity contribution in [3.05, 3.63) is 59.5 Å². The molecule has 1 aromatic carbocycles. The molecule has 1 amide bonds. The molecule has 2 aliphatic heterocycles. The normalized spacial score (nSPS) is 16.8. The summed E-state index contributed by atoms with van der Waals surface area (Å²) in [5.41, 5.74) is 6.43. The highest BCUT2D eigenvalue weighted by Gasteiger charge is 2.24. The number of piperazine rings is 1. The van der Waals surface area contributed by atoms with E-state index >= 15 is 0 Å². The lowest BCUT2D eigenvalue weighted by molar-refractivity contribution is 0.0741. The Morgan fingerprint density at radius 1 is 1.11 bits per heavy atom. The van der Waals surface area contributed by atoms with E-state index in [1.54, 1.807) is 0 Å². The summed E-state index contributed by atoms with van der Waals surface area (Å²) in [4.78, 5) is 21.7. The fraction of sp³-hybridized carbons (Fsp3) is 0.364. The van der Waals surface area contributed by atoms with Crippen molar-refractivity contribution in [3.8, 4) is 0 Å². The van der Waals surface area contributed by atoms with E-state index in [9.17, 15) is 4.79 Å². The zero-order valence-corrected chi connectivity index (χ0v) is 16.2. The highest BCUT2D eigenvalue weighted by molar-refractivity contribution is 5.93. The van der Waals surface area contributed by atoms with Crippen LogP contribution in [0.4, 0.5) is 11.4 Å². The third-order valence-corrected chi connectivity index (χ3v) is 5.79. The number of anilines is 2. The first-order valence-corrected chi connectivity index (χ1v) is 10.0. The van der Waals surface area contributed by atoms with E-state index in [1.165, 1.54) is 23.4 Å². The Balaban J connectivity index is 1.28. The van der Waals surface area contributed by atoms with Crippen LogP contribution in [-0.4, -0.2) is 52.9 Å². The first-order chi connectivity index (χ1) is 13.7. The molecule has 5 rings (SSSR count). The van der Waals surface area contributed by atoms with Crippen LogP contribution in [0.15, 0.2) is 42.7 Å². The maximum absolute atomic E-state index is 12.9. The number of carbonyl (C=O) groups is 1. The van der Waals surface area contributed by atoms with Gasteiger partial charge < -0.3 is 19.5 Å². The number of rotatable bonds is 2. The second kappa shape index (κ2) is 6.86. The highest BCUT2D eigenvalue weighted by Crippen LogP contribution is 2.27. The fourth-order valence-electron chi connectivity index (χ4n) is 4.17. The van der Waals surface area contributed by atoms with E-state index in [0.29, 0.717) is 5.69 Å². The molecule has 0 bridgehead atoms. The number of hydrogen-bond donors (Lipinski definition) is 1. The predicted octanol–water partition coefficient (Wildman–Crippen LogP) is 2.96. The van der Waals surface area contributed by atoms with Crippen LogP contribution < -0.4 is 10.2 Å². The molecule has 2 aromatic heterocycles. The summed E-state index contributed by atoms with van der Waals surface area (Å²) in [6.07, 6.45) is 6.12. The minimum atomic E-state index is 0.0237. The molecule has 0 aliphatic carbocycles. The quantitative estimate of drug-likeness (QED) is 0.748. The minimum absolute atomic E-state index is 0.0237. The van der Waals surface area contributed by atoms with Gasteiger partial charge in [0.25, 0.3) is 5.91 Å². The summed E-state index contributed by atoms with van der Waals surface area (Å²) in [6.45, 7) is 6.25. The van der Waals surface area contributed by atoms with Gasteiger partial charge in [0, 0.05) is 56.5 Å². The number of amides is 1. The molecule has 1 N–H and O–H groups in total. The van der Waals surface area contributed by atoms with Crippen LogP contribution in [0, 0.1) is 6.92 Å². The van der Waals surface area contributed by atoms with Gasteiger partial charge in [0.15, 0.2) is 0 Å². The summed E-state index contributed by atoms with van der Waals surface area (Å²) in [6, 6.07) is 10.7. The molecule has 6 heteroatoms. The Labute approximate surface area is 164 Å². The molecule has 0 unspecified atom stereocenters. The van der Waals surface area contributed by atoms with Crippen molar-refractivity contribution in [1.82, 2.24) is 14.3 Å². The van der Waals surface area contributed by atoms with Gasteiger partial charge in [0.1, 0.15) is 11.3 Å². The van der Waals surface area contributed by atoms with Gasteiger partial charge in [-0.25, -0.2) is 4.98 Å². The molecular formula is C22H25N5O. The molecule has 28 heavy (non-hydrogen) atoms. The van der Waals surface area contributed by atoms with Crippen molar-refractivity contribution < 1.29 is 4.79 Å². The minimum Gasteiger partial charge on any atom is -0.385 e. The number of aromatic nitrogens is 2. The second-order valence-electron chi connectivity index (χ2n) is 7.75. The maximum Gasteiger partial charge on any atom is 0.274 e. The lowest BCUT2D eigenvalue weighted by Gasteiger charge is -2.36. The Hall–Kier alpha value is -3.02. The van der Waals surface area contributed by atoms with Gasteiger partial charge in [0.05, 0.1) is 0 Å². The van der Waals surface area contributed by atoms with Crippen molar-refractivity contribution in [2.45, 2.75) is 19.8 Å². The number of imidazole rings is 1. The molecule has 0 atom stereocenters. The van der Waals surface area contributed by atoms with Crippen LogP contribution in [0.1, 0.15) is 28.0 Å². The topological polar surface area (TPSA) is 52.9 Å². The average Bonchev–Trinajstić information content (AvgIpc) is 3.16. The summed E-state index contributed by atoms with van der Waals surface area (Å²) >= 11 is 0. The summed E-state index contributed by atoms with van der Waals surface area (Å²) in [5, 5.41) is 3.47. The predicted molar refractivity (Wildman–Crippen MR) is 111 cm³/mol. The number of nitrogens with one attached hydrogen (secondary N) is 1. The lowest BCUT2D eigenvalue weighted by atomic mass is 10.0. The first kappa shape index (κ1) is 17.1. The van der Waals surface area contributed by atoms with Crippen LogP contribution in [0.25, 0.3) is 5.65 Å². The number of aryl methyl sites for hydroxylation is 2. The molecule has 0 saturated carbocycles. The molecule has 0 spiro atoms. The number of pyridine rings is 1. The van der Waals surface area contributed by atoms with Crippen molar-refractivity contribution in [3.63, 3.8) is 0 Å². The molecule has 1 saturated heterocycles. The second-order valence-corrected chi connectivity index (χ2v) is 7.75. The maximum atomic E-state index is 12.9. The molecule has 3 aromatic rings. The van der Waals surface area contributed by atoms with Crippen molar-refractivity contribution in [1.29, 1.82) is 0 Å². The number of nitrogens with zero attached hydrogens (tertiary/aromatic N) is 4. The average molecular weight is 375 g/mol. The standard InChI is InChI=1S/C22H25N5O/c1-16-6-8-27-15-20(24-21(27)13-16)22(28)26-11-9-25(10-12-26)18-4-5-19-17(14-18)3-2-7-23-19/h4-6,8,13-15,23H,2-3,7,9-12H2,1H3. The van der Waals surface area contributed by atoms with E-state index in [-0.39, 0.29) is 5.91 Å². The largest absolute Gasteiger partial charge is 0.385 e. The molecule has 144 valence electrons. The Bertz CT molecular complexity index is 1030. The van der Waals surface area contributed by atoms with Crippen LogP contribution in [0.3, 0.4) is 0 Å². The molecule has 1 fully saturated rings. The zero-order chi connectivity index (χ0) is 19.1. The van der Waals surface area contributed by atoms with Gasteiger partial charge in [-0.3, -0.25) is 4.79 Å². The summed E-state index contributed by atoms with van der Waals surface area (Å²) in [7, 11) is 0. The highest BCUT2D eigenvalue weighted by atomic mass is 16.2. The first-order valence-electron chi connectivity index (χ1n) is 10.0. The molecule has 0 radical (unpaired) electrons. The van der Waals surface area contributed by atoms with E-state index in [2.05, 4.69) is 33.4 Å². The van der Waals surface area contributed by atoms with Gasteiger partial charge in [0.2, 0.25) is 0 Å². The molecule has 6 nitrogen and oxygen atoms in total. The van der Waals surface area contributed by atoms with E-state index in [0.717, 1.165) is 50.4 Å². The van der Waals surface area contributed by atoms with Crippen LogP contribution in [0.5, 0.6) is 0 Å². The summed E-state index contributed by atoms with van der Waals surface area (Å²) in [5.74, 6) is 0.0237. The van der Waals surface area contributed by atoms with Crippen LogP contribution >= 0.6 is 0 Å². The third kappa shape index (κ3) is 3.09. The van der Waals surface area contributed by atoms with Gasteiger partial charge in [-0.05, 0) is 61.2 Å². The number of carbonyl (C=O) groups excluding carboxylic acids is 1. The summed E-state index contributed by atoms with van der Waals surface area (Å²) < 4.78 is 1.91. The van der Waals surface area contributed by atoms with E-state index in [1.807, 2.05) is 40.8 Å². The monoisotopic (exact) mass is 375 g/mol. The van der Waals surface area contributed by atoms with Gasteiger partial charge in [-0.2, -0.15) is 0 Å². The van der Waals surface area contributed by atoms with Gasteiger partial charge in [-0.1, -0.05) is 0 Å². The lowest BCUT2D eigenvalue weighted by Crippen LogP contribution is -2.49. The van der Waals surface area contributed by atoms with E-state index in [4.69, 9.17) is 0 Å².